The van der Waals surface area contributed by atoms with E-state index in [1.54, 1.807) is 13.3 Å². The monoisotopic (exact) mass is 181 g/mol. The van der Waals surface area contributed by atoms with Gasteiger partial charge in [0.05, 0.1) is 12.6 Å². The number of pyridine rings is 1. The molecule has 0 saturated carbocycles. The zero-order valence-electron chi connectivity index (χ0n) is 7.95. The van der Waals surface area contributed by atoms with Gasteiger partial charge in [0.1, 0.15) is 5.82 Å². The number of methoxy groups -OCH3 is 1. The van der Waals surface area contributed by atoms with Gasteiger partial charge < -0.3 is 15.8 Å². The molecule has 0 saturated heterocycles. The number of likely N-dealkylation sites (N-methyl/N-ethyl adjacent to an activating group) is 1. The van der Waals surface area contributed by atoms with Crippen molar-refractivity contribution >= 4 is 5.82 Å². The summed E-state index contributed by atoms with van der Waals surface area (Å²) in [4.78, 5) is 4.01. The number of nitrogens with one attached hydrogen (secondary N) is 1. The third-order valence-electron chi connectivity index (χ3n) is 1.93. The fourth-order valence-corrected chi connectivity index (χ4v) is 1.22. The molecule has 1 aromatic rings. The molecule has 4 heteroatoms. The van der Waals surface area contributed by atoms with Crippen molar-refractivity contribution < 1.29 is 4.74 Å². The average Bonchev–Trinajstić information content (AvgIpc) is 2.16. The van der Waals surface area contributed by atoms with Gasteiger partial charge in [0.2, 0.25) is 0 Å². The van der Waals surface area contributed by atoms with E-state index in [-0.39, 0.29) is 6.04 Å². The number of hydrogen-bond donors (Lipinski definition) is 2. The fraction of sp³-hybridized carbons (Fsp3) is 0.444. The summed E-state index contributed by atoms with van der Waals surface area (Å²) in [5.74, 6) is 0.555. The van der Waals surface area contributed by atoms with Gasteiger partial charge in [0, 0.05) is 18.9 Å². The molecule has 72 valence electrons. The minimum absolute atomic E-state index is 0.110. The van der Waals surface area contributed by atoms with Crippen LogP contribution < -0.4 is 11.1 Å². The molecule has 0 spiro atoms. The highest BCUT2D eigenvalue weighted by Crippen LogP contribution is 2.17. The molecule has 0 aliphatic rings. The third kappa shape index (κ3) is 2.40. The Morgan fingerprint density at radius 2 is 2.46 bits per heavy atom. The first-order chi connectivity index (χ1) is 6.29. The van der Waals surface area contributed by atoms with Crippen LogP contribution >= 0.6 is 0 Å². The summed E-state index contributed by atoms with van der Waals surface area (Å²) in [6.45, 7) is 0.590. The Labute approximate surface area is 78.1 Å². The first-order valence-corrected chi connectivity index (χ1v) is 4.16. The van der Waals surface area contributed by atoms with Crippen LogP contribution in [0.1, 0.15) is 11.6 Å². The summed E-state index contributed by atoms with van der Waals surface area (Å²) >= 11 is 0. The van der Waals surface area contributed by atoms with Crippen LogP contribution in [-0.2, 0) is 4.74 Å². The van der Waals surface area contributed by atoms with E-state index in [0.29, 0.717) is 12.4 Å². The lowest BCUT2D eigenvalue weighted by atomic mass is 10.1. The molecule has 0 aromatic carbocycles. The number of nitrogens with two attached hydrogens (primary N) is 1. The minimum Gasteiger partial charge on any atom is -0.383 e. The number of anilines is 1. The first-order valence-electron chi connectivity index (χ1n) is 4.16. The fourth-order valence-electron chi connectivity index (χ4n) is 1.22. The van der Waals surface area contributed by atoms with Crippen LogP contribution in [0.5, 0.6) is 0 Å². The smallest absolute Gasteiger partial charge is 0.128 e. The standard InChI is InChI=1S/C9H15N3O/c1-11-8(6-13-2)7-4-3-5-12-9(7)10/h3-5,8,11H,6H2,1-2H3,(H2,10,12). The predicted molar refractivity (Wildman–Crippen MR) is 52.3 cm³/mol. The van der Waals surface area contributed by atoms with Crippen LogP contribution in [0.4, 0.5) is 5.82 Å². The lowest BCUT2D eigenvalue weighted by Gasteiger charge is -2.16. The zero-order valence-corrected chi connectivity index (χ0v) is 7.95. The van der Waals surface area contributed by atoms with E-state index in [4.69, 9.17) is 10.5 Å². The van der Waals surface area contributed by atoms with E-state index in [1.165, 1.54) is 0 Å². The predicted octanol–water partition coefficient (Wildman–Crippen LogP) is 0.571. The lowest BCUT2D eigenvalue weighted by Crippen LogP contribution is -2.22. The maximum absolute atomic E-state index is 5.72. The van der Waals surface area contributed by atoms with Crippen LogP contribution in [0.3, 0.4) is 0 Å². The highest BCUT2D eigenvalue weighted by atomic mass is 16.5. The molecular formula is C9H15N3O. The second kappa shape index (κ2) is 4.79. The summed E-state index contributed by atoms with van der Waals surface area (Å²) < 4.78 is 5.06. The molecule has 0 aliphatic carbocycles. The molecule has 0 aliphatic heterocycles. The van der Waals surface area contributed by atoms with E-state index >= 15 is 0 Å². The van der Waals surface area contributed by atoms with Gasteiger partial charge in [-0.1, -0.05) is 6.07 Å². The maximum Gasteiger partial charge on any atom is 0.128 e. The van der Waals surface area contributed by atoms with Crippen molar-refractivity contribution in [1.82, 2.24) is 10.3 Å². The quantitative estimate of drug-likeness (QED) is 0.713. The van der Waals surface area contributed by atoms with E-state index < -0.39 is 0 Å². The van der Waals surface area contributed by atoms with E-state index in [2.05, 4.69) is 10.3 Å². The Morgan fingerprint density at radius 3 is 3.00 bits per heavy atom. The van der Waals surface area contributed by atoms with Crippen molar-refractivity contribution in [2.24, 2.45) is 0 Å². The van der Waals surface area contributed by atoms with Crippen LogP contribution in [0, 0.1) is 0 Å². The number of nitrogens with zero attached hydrogens (tertiary/aromatic N) is 1. The molecule has 0 bridgehead atoms. The normalized spacial score (nSPS) is 12.8. The van der Waals surface area contributed by atoms with Gasteiger partial charge in [-0.2, -0.15) is 0 Å². The van der Waals surface area contributed by atoms with E-state index in [0.717, 1.165) is 5.56 Å². The molecule has 0 radical (unpaired) electrons. The van der Waals surface area contributed by atoms with Crippen molar-refractivity contribution in [2.45, 2.75) is 6.04 Å². The van der Waals surface area contributed by atoms with Crippen molar-refractivity contribution in [1.29, 1.82) is 0 Å². The summed E-state index contributed by atoms with van der Waals surface area (Å²) in [5.41, 5.74) is 6.70. The number of ether oxygens (including phenoxy) is 1. The molecule has 1 atom stereocenters. The van der Waals surface area contributed by atoms with Crippen molar-refractivity contribution in [3.63, 3.8) is 0 Å². The van der Waals surface area contributed by atoms with Gasteiger partial charge in [-0.05, 0) is 13.1 Å². The minimum atomic E-state index is 0.110. The molecule has 1 unspecified atom stereocenters. The highest BCUT2D eigenvalue weighted by molar-refractivity contribution is 5.40. The highest BCUT2D eigenvalue weighted by Gasteiger charge is 2.11. The van der Waals surface area contributed by atoms with Crippen LogP contribution in [-0.4, -0.2) is 25.7 Å². The molecule has 13 heavy (non-hydrogen) atoms. The molecule has 1 heterocycles. The third-order valence-corrected chi connectivity index (χ3v) is 1.93. The molecule has 1 aromatic heterocycles. The summed E-state index contributed by atoms with van der Waals surface area (Å²) in [5, 5.41) is 3.12. The van der Waals surface area contributed by atoms with Crippen LogP contribution in [0.2, 0.25) is 0 Å². The van der Waals surface area contributed by atoms with Gasteiger partial charge >= 0.3 is 0 Å². The van der Waals surface area contributed by atoms with Gasteiger partial charge in [-0.3, -0.25) is 0 Å². The summed E-state index contributed by atoms with van der Waals surface area (Å²) in [6, 6.07) is 3.92. The second-order valence-electron chi connectivity index (χ2n) is 2.77. The van der Waals surface area contributed by atoms with Gasteiger partial charge in [0.15, 0.2) is 0 Å². The molecular weight excluding hydrogens is 166 g/mol. The number of nitrogen functional groups attached to an aromatic ring is 1. The number of rotatable bonds is 4. The number of hydrogen-bond acceptors (Lipinski definition) is 4. The Balaban J connectivity index is 2.84. The van der Waals surface area contributed by atoms with Crippen LogP contribution in [0.15, 0.2) is 18.3 Å². The van der Waals surface area contributed by atoms with Gasteiger partial charge in [-0.15, -0.1) is 0 Å². The van der Waals surface area contributed by atoms with Crippen LogP contribution in [0.25, 0.3) is 0 Å². The largest absolute Gasteiger partial charge is 0.383 e. The molecule has 3 N–H and O–H groups in total. The zero-order chi connectivity index (χ0) is 9.68. The summed E-state index contributed by atoms with van der Waals surface area (Å²) in [7, 11) is 3.53. The Morgan fingerprint density at radius 1 is 1.69 bits per heavy atom. The SMILES string of the molecule is CNC(COC)c1cccnc1N. The first kappa shape index (κ1) is 9.95. The topological polar surface area (TPSA) is 60.2 Å². The van der Waals surface area contributed by atoms with Gasteiger partial charge in [-0.25, -0.2) is 4.98 Å². The second-order valence-corrected chi connectivity index (χ2v) is 2.77. The average molecular weight is 181 g/mol. The van der Waals surface area contributed by atoms with E-state index in [1.807, 2.05) is 19.2 Å². The molecule has 0 amide bonds. The Kier molecular flexibility index (Phi) is 3.67. The Hall–Kier alpha value is -1.13. The molecule has 4 nitrogen and oxygen atoms in total. The lowest BCUT2D eigenvalue weighted by molar-refractivity contribution is 0.170. The van der Waals surface area contributed by atoms with Crippen molar-refractivity contribution in [3.8, 4) is 0 Å². The number of aromatic nitrogens is 1. The molecule has 1 rings (SSSR count). The molecule has 0 fully saturated rings. The van der Waals surface area contributed by atoms with Crippen molar-refractivity contribution in [2.75, 3.05) is 26.5 Å². The van der Waals surface area contributed by atoms with Gasteiger partial charge in [0.25, 0.3) is 0 Å². The Bertz CT molecular complexity index is 265. The maximum atomic E-state index is 5.72. The van der Waals surface area contributed by atoms with E-state index in [9.17, 15) is 0 Å². The summed E-state index contributed by atoms with van der Waals surface area (Å²) in [6.07, 6.45) is 1.68. The van der Waals surface area contributed by atoms with Crippen molar-refractivity contribution in [3.05, 3.63) is 23.9 Å².